The number of thiophene rings is 1. The number of alkyl carbamates (subject to hydrolysis) is 1. The van der Waals surface area contributed by atoms with Crippen LogP contribution < -0.4 is 10.6 Å². The predicted octanol–water partition coefficient (Wildman–Crippen LogP) is 0.715. The van der Waals surface area contributed by atoms with Crippen molar-refractivity contribution in [3.05, 3.63) is 16.5 Å². The number of hydrogen-bond acceptors (Lipinski definition) is 6. The molecule has 0 unspecified atom stereocenters. The molecule has 1 heterocycles. The highest BCUT2D eigenvalue weighted by Gasteiger charge is 2.20. The topological polar surface area (TPSA) is 142 Å². The molecule has 0 aliphatic carbocycles. The molecular formula is C11H12N2O7S. The van der Waals surface area contributed by atoms with Crippen molar-refractivity contribution in [3.63, 3.8) is 0 Å². The summed E-state index contributed by atoms with van der Waals surface area (Å²) in [5.74, 6) is -4.40. The minimum atomic E-state index is -1.73. The van der Waals surface area contributed by atoms with Crippen molar-refractivity contribution in [1.29, 1.82) is 0 Å². The molecule has 1 rings (SSSR count). The molecule has 0 saturated carbocycles. The number of carboxylic acid groups (broad SMARTS) is 2. The molecule has 21 heavy (non-hydrogen) atoms. The fourth-order valence-corrected chi connectivity index (χ4v) is 2.26. The van der Waals surface area contributed by atoms with E-state index in [4.69, 9.17) is 10.2 Å². The Bertz CT molecular complexity index is 581. The number of anilines is 1. The van der Waals surface area contributed by atoms with Crippen molar-refractivity contribution in [2.75, 3.05) is 11.9 Å². The molecule has 0 aromatic carbocycles. The fraction of sp³-hybridized carbons (Fsp3) is 0.273. The zero-order valence-corrected chi connectivity index (χ0v) is 11.7. The normalized spacial score (nSPS) is 9.76. The van der Waals surface area contributed by atoms with E-state index in [9.17, 15) is 19.2 Å². The van der Waals surface area contributed by atoms with E-state index in [1.807, 2.05) is 5.32 Å². The van der Waals surface area contributed by atoms with Gasteiger partial charge in [-0.1, -0.05) is 0 Å². The Morgan fingerprint density at radius 1 is 1.29 bits per heavy atom. The van der Waals surface area contributed by atoms with Crippen LogP contribution in [0, 0.1) is 0 Å². The third-order valence-electron chi connectivity index (χ3n) is 2.12. The van der Waals surface area contributed by atoms with Crippen LogP contribution in [0.3, 0.4) is 0 Å². The van der Waals surface area contributed by atoms with Gasteiger partial charge in [0, 0.05) is 4.88 Å². The first-order valence-corrected chi connectivity index (χ1v) is 6.47. The zero-order valence-electron chi connectivity index (χ0n) is 10.8. The van der Waals surface area contributed by atoms with Gasteiger partial charge >= 0.3 is 23.9 Å². The molecule has 0 aliphatic rings. The molecule has 0 aliphatic heterocycles. The lowest BCUT2D eigenvalue weighted by Crippen LogP contribution is -2.23. The first-order valence-electron chi connectivity index (χ1n) is 5.66. The molecule has 10 heteroatoms. The van der Waals surface area contributed by atoms with Gasteiger partial charge in [-0.2, -0.15) is 0 Å². The van der Waals surface area contributed by atoms with Crippen molar-refractivity contribution < 1.29 is 34.1 Å². The maximum absolute atomic E-state index is 11.1. The molecule has 1 aromatic heterocycles. The van der Waals surface area contributed by atoms with Gasteiger partial charge < -0.3 is 25.6 Å². The van der Waals surface area contributed by atoms with Crippen molar-refractivity contribution in [1.82, 2.24) is 5.32 Å². The van der Waals surface area contributed by atoms with Gasteiger partial charge in [-0.05, 0) is 13.0 Å². The molecule has 0 atom stereocenters. The third-order valence-corrected chi connectivity index (χ3v) is 3.17. The number of carboxylic acids is 2. The Hall–Kier alpha value is -2.62. The van der Waals surface area contributed by atoms with Gasteiger partial charge in [0.2, 0.25) is 0 Å². The Morgan fingerprint density at radius 3 is 2.48 bits per heavy atom. The number of rotatable bonds is 5. The first-order chi connectivity index (χ1) is 9.85. The molecule has 9 nitrogen and oxygen atoms in total. The van der Waals surface area contributed by atoms with E-state index in [-0.39, 0.29) is 23.7 Å². The minimum Gasteiger partial charge on any atom is -0.478 e. The summed E-state index contributed by atoms with van der Waals surface area (Å²) in [7, 11) is 0. The van der Waals surface area contributed by atoms with Crippen LogP contribution in [0.2, 0.25) is 0 Å². The van der Waals surface area contributed by atoms with Gasteiger partial charge in [-0.3, -0.25) is 4.79 Å². The lowest BCUT2D eigenvalue weighted by atomic mass is 10.3. The number of aliphatic carboxylic acids is 1. The highest BCUT2D eigenvalue weighted by atomic mass is 32.1. The second kappa shape index (κ2) is 7.24. The number of ether oxygens (including phenoxy) is 1. The van der Waals surface area contributed by atoms with Crippen molar-refractivity contribution in [2.24, 2.45) is 0 Å². The van der Waals surface area contributed by atoms with E-state index in [1.54, 1.807) is 6.92 Å². The molecule has 0 fully saturated rings. The Labute approximate surface area is 122 Å². The average molecular weight is 316 g/mol. The maximum Gasteiger partial charge on any atom is 0.407 e. The van der Waals surface area contributed by atoms with Crippen LogP contribution in [0.15, 0.2) is 6.07 Å². The third kappa shape index (κ3) is 4.76. The highest BCUT2D eigenvalue weighted by Crippen LogP contribution is 2.28. The fourth-order valence-electron chi connectivity index (χ4n) is 1.28. The second-order valence-corrected chi connectivity index (χ2v) is 4.73. The van der Waals surface area contributed by atoms with E-state index in [0.717, 1.165) is 11.3 Å². The standard InChI is InChI=1S/C11H12N2O7S/c1-2-20-11(19)12-4-5-3-6(9(15)16)8(21-5)13-7(14)10(17)18/h3H,2,4H2,1H3,(H,12,19)(H,13,14)(H,15,16)(H,17,18). The quantitative estimate of drug-likeness (QED) is 0.586. The number of nitrogens with one attached hydrogen (secondary N) is 2. The molecule has 0 spiro atoms. The summed E-state index contributed by atoms with van der Waals surface area (Å²) in [4.78, 5) is 44.1. The zero-order chi connectivity index (χ0) is 16.0. The molecule has 1 aromatic rings. The van der Waals surface area contributed by atoms with Crippen molar-refractivity contribution in [2.45, 2.75) is 13.5 Å². The van der Waals surface area contributed by atoms with Crippen LogP contribution >= 0.6 is 11.3 Å². The largest absolute Gasteiger partial charge is 0.478 e. The Morgan fingerprint density at radius 2 is 1.95 bits per heavy atom. The van der Waals surface area contributed by atoms with E-state index < -0.39 is 23.9 Å². The van der Waals surface area contributed by atoms with Crippen LogP contribution in [0.1, 0.15) is 22.2 Å². The van der Waals surface area contributed by atoms with Gasteiger partial charge in [0.25, 0.3) is 0 Å². The molecule has 2 amide bonds. The lowest BCUT2D eigenvalue weighted by Gasteiger charge is -2.02. The average Bonchev–Trinajstić information content (AvgIpc) is 2.80. The van der Waals surface area contributed by atoms with Crippen LogP contribution in [-0.2, 0) is 20.9 Å². The van der Waals surface area contributed by atoms with E-state index >= 15 is 0 Å². The van der Waals surface area contributed by atoms with Crippen molar-refractivity contribution in [3.8, 4) is 0 Å². The number of amides is 2. The van der Waals surface area contributed by atoms with Gasteiger partial charge in [0.05, 0.1) is 18.7 Å². The number of aromatic carboxylic acids is 1. The molecule has 0 bridgehead atoms. The highest BCUT2D eigenvalue weighted by molar-refractivity contribution is 7.16. The number of carbonyl (C=O) groups excluding carboxylic acids is 2. The number of carbonyl (C=O) groups is 4. The monoisotopic (exact) mass is 316 g/mol. The van der Waals surface area contributed by atoms with Gasteiger partial charge in [-0.25, -0.2) is 14.4 Å². The second-order valence-electron chi connectivity index (χ2n) is 3.59. The Kier molecular flexibility index (Phi) is 5.67. The summed E-state index contributed by atoms with van der Waals surface area (Å²) >= 11 is 0.847. The van der Waals surface area contributed by atoms with Gasteiger partial charge in [0.15, 0.2) is 0 Å². The minimum absolute atomic E-state index is 0.00722. The summed E-state index contributed by atoms with van der Waals surface area (Å²) in [5.41, 5.74) is -0.254. The summed E-state index contributed by atoms with van der Waals surface area (Å²) < 4.78 is 4.63. The Balaban J connectivity index is 2.84. The molecule has 0 radical (unpaired) electrons. The molecule has 4 N–H and O–H groups in total. The van der Waals surface area contributed by atoms with Crippen LogP contribution in [-0.4, -0.2) is 40.8 Å². The molecular weight excluding hydrogens is 304 g/mol. The number of hydrogen-bond donors (Lipinski definition) is 4. The van der Waals surface area contributed by atoms with Crippen LogP contribution in [0.5, 0.6) is 0 Å². The summed E-state index contributed by atoms with van der Waals surface area (Å²) in [6.07, 6.45) is -0.668. The summed E-state index contributed by atoms with van der Waals surface area (Å²) in [5, 5.41) is 21.7. The lowest BCUT2D eigenvalue weighted by molar-refractivity contribution is -0.147. The van der Waals surface area contributed by atoms with Crippen molar-refractivity contribution >= 4 is 40.3 Å². The summed E-state index contributed by atoms with van der Waals surface area (Å²) in [6.45, 7) is 1.82. The molecule has 114 valence electrons. The molecule has 0 saturated heterocycles. The smallest absolute Gasteiger partial charge is 0.407 e. The van der Waals surface area contributed by atoms with Gasteiger partial charge in [-0.15, -0.1) is 11.3 Å². The maximum atomic E-state index is 11.1. The van der Waals surface area contributed by atoms with E-state index in [0.29, 0.717) is 4.88 Å². The van der Waals surface area contributed by atoms with E-state index in [1.165, 1.54) is 6.07 Å². The van der Waals surface area contributed by atoms with Crippen LogP contribution in [0.25, 0.3) is 0 Å². The van der Waals surface area contributed by atoms with E-state index in [2.05, 4.69) is 10.1 Å². The predicted molar refractivity (Wildman–Crippen MR) is 71.4 cm³/mol. The first kappa shape index (κ1) is 16.4. The van der Waals surface area contributed by atoms with Gasteiger partial charge in [0.1, 0.15) is 5.00 Å². The SMILES string of the molecule is CCOC(=O)NCc1cc(C(=O)O)c(NC(=O)C(=O)O)s1. The van der Waals surface area contributed by atoms with Crippen LogP contribution in [0.4, 0.5) is 9.80 Å². The summed E-state index contributed by atoms with van der Waals surface area (Å²) in [6, 6.07) is 1.23.